The van der Waals surface area contributed by atoms with Crippen LogP contribution in [0, 0.1) is 10.1 Å². The third kappa shape index (κ3) is 3.85. The quantitative estimate of drug-likeness (QED) is 0.500. The molecule has 1 aliphatic carbocycles. The average molecular weight is 386 g/mol. The summed E-state index contributed by atoms with van der Waals surface area (Å²) in [6, 6.07) is 8.16. The fourth-order valence-corrected chi connectivity index (χ4v) is 2.93. The minimum Gasteiger partial charge on any atom is -0.374 e. The number of hydrogen-bond donors (Lipinski definition) is 2. The Labute approximate surface area is 159 Å². The van der Waals surface area contributed by atoms with E-state index in [4.69, 9.17) is 11.6 Å². The van der Waals surface area contributed by atoms with E-state index in [9.17, 15) is 14.9 Å². The van der Waals surface area contributed by atoms with Gasteiger partial charge in [-0.2, -0.15) is 0 Å². The van der Waals surface area contributed by atoms with Crippen LogP contribution in [0.25, 0.3) is 5.65 Å². The molecule has 1 aliphatic rings. The Bertz CT molecular complexity index is 1040. The van der Waals surface area contributed by atoms with E-state index in [2.05, 4.69) is 15.6 Å². The number of amides is 1. The second-order valence-electron chi connectivity index (χ2n) is 6.44. The summed E-state index contributed by atoms with van der Waals surface area (Å²) >= 11 is 5.96. The highest BCUT2D eigenvalue weighted by Crippen LogP contribution is 2.27. The van der Waals surface area contributed by atoms with Crippen molar-refractivity contribution in [1.29, 1.82) is 0 Å². The Balaban J connectivity index is 1.52. The molecule has 0 spiro atoms. The summed E-state index contributed by atoms with van der Waals surface area (Å²) < 4.78 is 1.79. The van der Waals surface area contributed by atoms with Gasteiger partial charge in [-0.1, -0.05) is 11.6 Å². The first kappa shape index (κ1) is 17.3. The molecule has 2 aromatic heterocycles. The van der Waals surface area contributed by atoms with Gasteiger partial charge in [0.15, 0.2) is 0 Å². The summed E-state index contributed by atoms with van der Waals surface area (Å²) in [6.07, 6.45) is 5.45. The molecule has 1 aromatic carbocycles. The Kier molecular flexibility index (Phi) is 4.41. The molecule has 4 rings (SSSR count). The normalized spacial score (nSPS) is 13.5. The van der Waals surface area contributed by atoms with Gasteiger partial charge in [0.05, 0.1) is 22.2 Å². The smallest absolute Gasteiger partial charge is 0.293 e. The number of imidazole rings is 1. The summed E-state index contributed by atoms with van der Waals surface area (Å²) in [7, 11) is 0. The first-order valence-electron chi connectivity index (χ1n) is 8.46. The van der Waals surface area contributed by atoms with Gasteiger partial charge in [0.25, 0.3) is 11.6 Å². The van der Waals surface area contributed by atoms with Crippen LogP contribution in [0.2, 0.25) is 5.02 Å². The maximum Gasteiger partial charge on any atom is 0.293 e. The largest absolute Gasteiger partial charge is 0.374 e. The van der Waals surface area contributed by atoms with Gasteiger partial charge in [-0.15, -0.1) is 0 Å². The maximum atomic E-state index is 12.1. The lowest BCUT2D eigenvalue weighted by molar-refractivity contribution is -0.384. The van der Waals surface area contributed by atoms with Gasteiger partial charge in [0.2, 0.25) is 0 Å². The molecule has 9 heteroatoms. The standard InChI is InChI=1S/C18H16ClN5O3/c19-12-2-6-17-21-14(10-23(17)9-12)8-20-15-5-1-11(7-16(15)24(26)27)18(25)22-13-3-4-13/h1-2,5-7,9-10,13,20H,3-4,8H2,(H,22,25). The number of nitro groups is 1. The molecule has 0 unspecified atom stereocenters. The molecule has 27 heavy (non-hydrogen) atoms. The van der Waals surface area contributed by atoms with Crippen LogP contribution in [-0.2, 0) is 6.54 Å². The number of rotatable bonds is 6. The number of carbonyl (C=O) groups is 1. The second kappa shape index (κ2) is 6.88. The molecule has 0 bridgehead atoms. The van der Waals surface area contributed by atoms with Crippen molar-refractivity contribution in [3.8, 4) is 0 Å². The molecule has 2 heterocycles. The average Bonchev–Trinajstić information content (AvgIpc) is 3.36. The zero-order chi connectivity index (χ0) is 19.0. The number of nitrogens with one attached hydrogen (secondary N) is 2. The second-order valence-corrected chi connectivity index (χ2v) is 6.87. The van der Waals surface area contributed by atoms with Crippen LogP contribution in [0.4, 0.5) is 11.4 Å². The minimum atomic E-state index is -0.500. The summed E-state index contributed by atoms with van der Waals surface area (Å²) in [4.78, 5) is 27.5. The summed E-state index contributed by atoms with van der Waals surface area (Å²) in [5.41, 5.74) is 1.91. The molecule has 0 aliphatic heterocycles. The highest BCUT2D eigenvalue weighted by Gasteiger charge is 2.25. The van der Waals surface area contributed by atoms with Crippen molar-refractivity contribution in [3.05, 3.63) is 69.1 Å². The number of nitrogens with zero attached hydrogens (tertiary/aromatic N) is 3. The number of hydrogen-bond acceptors (Lipinski definition) is 5. The van der Waals surface area contributed by atoms with Crippen molar-refractivity contribution in [2.24, 2.45) is 0 Å². The van der Waals surface area contributed by atoms with Crippen LogP contribution < -0.4 is 10.6 Å². The van der Waals surface area contributed by atoms with Crippen LogP contribution in [0.1, 0.15) is 28.9 Å². The van der Waals surface area contributed by atoms with E-state index in [0.717, 1.165) is 18.5 Å². The van der Waals surface area contributed by atoms with E-state index < -0.39 is 4.92 Å². The van der Waals surface area contributed by atoms with E-state index >= 15 is 0 Å². The summed E-state index contributed by atoms with van der Waals surface area (Å²) in [6.45, 7) is 0.299. The molecular formula is C18H16ClN5O3. The number of anilines is 1. The van der Waals surface area contributed by atoms with Crippen molar-refractivity contribution in [2.75, 3.05) is 5.32 Å². The van der Waals surface area contributed by atoms with Gasteiger partial charge >= 0.3 is 0 Å². The molecule has 1 fully saturated rings. The fourth-order valence-electron chi connectivity index (χ4n) is 2.76. The van der Waals surface area contributed by atoms with Crippen LogP contribution >= 0.6 is 11.6 Å². The lowest BCUT2D eigenvalue weighted by atomic mass is 10.1. The Morgan fingerprint density at radius 1 is 1.30 bits per heavy atom. The maximum absolute atomic E-state index is 12.1. The third-order valence-corrected chi connectivity index (χ3v) is 4.52. The van der Waals surface area contributed by atoms with E-state index in [1.807, 2.05) is 0 Å². The number of pyridine rings is 1. The van der Waals surface area contributed by atoms with Crippen LogP contribution in [0.15, 0.2) is 42.7 Å². The van der Waals surface area contributed by atoms with E-state index in [-0.39, 0.29) is 23.2 Å². The number of halogens is 1. The van der Waals surface area contributed by atoms with E-state index in [1.54, 1.807) is 41.1 Å². The highest BCUT2D eigenvalue weighted by molar-refractivity contribution is 6.30. The lowest BCUT2D eigenvalue weighted by Gasteiger charge is -2.08. The minimum absolute atomic E-state index is 0.148. The van der Waals surface area contributed by atoms with Crippen LogP contribution in [0.3, 0.4) is 0 Å². The fraction of sp³-hybridized carbons (Fsp3) is 0.222. The van der Waals surface area contributed by atoms with Crippen molar-refractivity contribution in [3.63, 3.8) is 0 Å². The molecule has 3 aromatic rings. The summed E-state index contributed by atoms with van der Waals surface area (Å²) in [5.74, 6) is -0.288. The van der Waals surface area contributed by atoms with Crippen LogP contribution in [-0.4, -0.2) is 26.3 Å². The molecule has 1 saturated carbocycles. The van der Waals surface area contributed by atoms with Gasteiger partial charge in [-0.05, 0) is 37.1 Å². The van der Waals surface area contributed by atoms with Crippen molar-refractivity contribution >= 4 is 34.5 Å². The molecule has 1 amide bonds. The molecular weight excluding hydrogens is 370 g/mol. The van der Waals surface area contributed by atoms with E-state index in [1.165, 1.54) is 6.07 Å². The molecule has 138 valence electrons. The van der Waals surface area contributed by atoms with Crippen LogP contribution in [0.5, 0.6) is 0 Å². The van der Waals surface area contributed by atoms with Gasteiger partial charge in [0.1, 0.15) is 11.3 Å². The predicted molar refractivity (Wildman–Crippen MR) is 101 cm³/mol. The Hall–Kier alpha value is -3.13. The van der Waals surface area contributed by atoms with Crippen molar-refractivity contribution in [2.45, 2.75) is 25.4 Å². The van der Waals surface area contributed by atoms with Crippen molar-refractivity contribution < 1.29 is 9.72 Å². The zero-order valence-electron chi connectivity index (χ0n) is 14.2. The first-order chi connectivity index (χ1) is 13.0. The van der Waals surface area contributed by atoms with Gasteiger partial charge < -0.3 is 15.0 Å². The number of benzene rings is 1. The number of aromatic nitrogens is 2. The van der Waals surface area contributed by atoms with Gasteiger partial charge in [-0.25, -0.2) is 4.98 Å². The number of nitro benzene ring substituents is 1. The molecule has 0 radical (unpaired) electrons. The van der Waals surface area contributed by atoms with Gasteiger partial charge in [-0.3, -0.25) is 14.9 Å². The number of fused-ring (bicyclic) bond motifs is 1. The summed E-state index contributed by atoms with van der Waals surface area (Å²) in [5, 5.41) is 17.9. The van der Waals surface area contributed by atoms with Crippen molar-refractivity contribution in [1.82, 2.24) is 14.7 Å². The first-order valence-corrected chi connectivity index (χ1v) is 8.84. The van der Waals surface area contributed by atoms with Gasteiger partial charge in [0, 0.05) is 30.1 Å². The predicted octanol–water partition coefficient (Wildman–Crippen LogP) is 3.40. The Morgan fingerprint density at radius 3 is 2.85 bits per heavy atom. The topological polar surface area (TPSA) is 102 Å². The SMILES string of the molecule is O=C(NC1CC1)c1ccc(NCc2cn3cc(Cl)ccc3n2)c([N+](=O)[O-])c1. The number of carbonyl (C=O) groups excluding carboxylic acids is 1. The lowest BCUT2D eigenvalue weighted by Crippen LogP contribution is -2.25. The molecule has 8 nitrogen and oxygen atoms in total. The zero-order valence-corrected chi connectivity index (χ0v) is 14.9. The molecule has 0 saturated heterocycles. The van der Waals surface area contributed by atoms with E-state index in [0.29, 0.717) is 22.9 Å². The third-order valence-electron chi connectivity index (χ3n) is 4.29. The highest BCUT2D eigenvalue weighted by atomic mass is 35.5. The Morgan fingerprint density at radius 2 is 2.11 bits per heavy atom. The molecule has 0 atom stereocenters. The monoisotopic (exact) mass is 385 g/mol. The molecule has 2 N–H and O–H groups in total.